The minimum absolute atomic E-state index is 0.197. The second-order valence-corrected chi connectivity index (χ2v) is 9.08. The van der Waals surface area contributed by atoms with Crippen molar-refractivity contribution in [2.75, 3.05) is 20.3 Å². The van der Waals surface area contributed by atoms with E-state index in [-0.39, 0.29) is 18.8 Å². The van der Waals surface area contributed by atoms with Crippen LogP contribution in [0.5, 0.6) is 11.5 Å². The first-order valence-electron chi connectivity index (χ1n) is 10.6. The Labute approximate surface area is 193 Å². The number of hydrogen-bond donors (Lipinski definition) is 0. The second kappa shape index (κ2) is 10.9. The molecule has 0 aromatic heterocycles. The summed E-state index contributed by atoms with van der Waals surface area (Å²) in [5.74, 6) is -0.182. The van der Waals surface area contributed by atoms with Crippen molar-refractivity contribution in [1.82, 2.24) is 8.61 Å². The van der Waals surface area contributed by atoms with Gasteiger partial charge in [0.15, 0.2) is 11.5 Å². The molecule has 1 amide bonds. The van der Waals surface area contributed by atoms with Crippen LogP contribution < -0.4 is 9.47 Å². The second-order valence-electron chi connectivity index (χ2n) is 7.95. The molecule has 0 N–H and O–H groups in total. The number of carbonyl (C=O) groups is 3. The molecule has 0 saturated carbocycles. The molecule has 0 aliphatic carbocycles. The Kier molecular flexibility index (Phi) is 8.80. The standard InChI is InChI=1S/C22H32N2O7S/c1-8-28-19(25)14(3)24(15(4)20(26)29-9-2)32-23(7)21(27)30-17-12-10-11-16-13-22(5,6)31-18(16)17/h10-12,14-15H,8-9,13H2,1-7H3. The lowest BCUT2D eigenvalue weighted by atomic mass is 10.0. The van der Waals surface area contributed by atoms with Crippen LogP contribution in [0.15, 0.2) is 18.2 Å². The van der Waals surface area contributed by atoms with E-state index in [1.165, 1.54) is 15.7 Å². The Morgan fingerprint density at radius 1 is 1.09 bits per heavy atom. The molecule has 10 heteroatoms. The summed E-state index contributed by atoms with van der Waals surface area (Å²) in [5.41, 5.74) is 0.580. The molecule has 1 aliphatic rings. The monoisotopic (exact) mass is 468 g/mol. The summed E-state index contributed by atoms with van der Waals surface area (Å²) in [6, 6.07) is 3.76. The molecule has 1 aromatic carbocycles. The number of nitrogens with zero attached hydrogens (tertiary/aromatic N) is 2. The lowest BCUT2D eigenvalue weighted by Gasteiger charge is -2.32. The highest BCUT2D eigenvalue weighted by Crippen LogP contribution is 2.42. The first kappa shape index (κ1) is 25.8. The van der Waals surface area contributed by atoms with Crippen LogP contribution >= 0.6 is 12.1 Å². The highest BCUT2D eigenvalue weighted by Gasteiger charge is 2.36. The molecule has 2 unspecified atom stereocenters. The van der Waals surface area contributed by atoms with Crippen molar-refractivity contribution in [3.8, 4) is 11.5 Å². The summed E-state index contributed by atoms with van der Waals surface area (Å²) in [5, 5.41) is 0. The van der Waals surface area contributed by atoms with Crippen LogP contribution in [0, 0.1) is 0 Å². The van der Waals surface area contributed by atoms with E-state index in [9.17, 15) is 14.4 Å². The minimum atomic E-state index is -0.820. The Hall–Kier alpha value is -2.46. The topological polar surface area (TPSA) is 94.6 Å². The number of esters is 2. The third kappa shape index (κ3) is 6.29. The fourth-order valence-corrected chi connectivity index (χ4v) is 4.05. The van der Waals surface area contributed by atoms with Crippen molar-refractivity contribution < 1.29 is 33.3 Å². The van der Waals surface area contributed by atoms with Crippen molar-refractivity contribution in [1.29, 1.82) is 0 Å². The van der Waals surface area contributed by atoms with Crippen LogP contribution in [0.2, 0.25) is 0 Å². The molecule has 2 atom stereocenters. The van der Waals surface area contributed by atoms with Crippen LogP contribution in [0.1, 0.15) is 47.1 Å². The van der Waals surface area contributed by atoms with Gasteiger partial charge >= 0.3 is 18.0 Å². The van der Waals surface area contributed by atoms with Gasteiger partial charge in [-0.05, 0) is 47.6 Å². The number of para-hydroxylation sites is 1. The van der Waals surface area contributed by atoms with Gasteiger partial charge in [-0.15, -0.1) is 0 Å². The van der Waals surface area contributed by atoms with E-state index in [1.54, 1.807) is 39.8 Å². The highest BCUT2D eigenvalue weighted by molar-refractivity contribution is 7.95. The average Bonchev–Trinajstić information content (AvgIpc) is 3.06. The summed E-state index contributed by atoms with van der Waals surface area (Å²) in [6.07, 6.45) is 0.0223. The number of benzene rings is 1. The van der Waals surface area contributed by atoms with Gasteiger partial charge in [0.1, 0.15) is 17.7 Å². The van der Waals surface area contributed by atoms with E-state index < -0.39 is 30.1 Å². The van der Waals surface area contributed by atoms with Crippen LogP contribution in [0.3, 0.4) is 0 Å². The van der Waals surface area contributed by atoms with Crippen LogP contribution in [-0.2, 0) is 25.5 Å². The zero-order valence-corrected chi connectivity index (χ0v) is 20.5. The Balaban J connectivity index is 2.16. The van der Waals surface area contributed by atoms with Crippen LogP contribution in [-0.4, -0.2) is 64.6 Å². The van der Waals surface area contributed by atoms with E-state index >= 15 is 0 Å². The van der Waals surface area contributed by atoms with Gasteiger partial charge in [-0.3, -0.25) is 9.59 Å². The van der Waals surface area contributed by atoms with Crippen molar-refractivity contribution in [2.24, 2.45) is 0 Å². The molecule has 32 heavy (non-hydrogen) atoms. The van der Waals surface area contributed by atoms with Gasteiger partial charge in [0.05, 0.1) is 13.2 Å². The Morgan fingerprint density at radius 3 is 2.19 bits per heavy atom. The summed E-state index contributed by atoms with van der Waals surface area (Å²) in [6.45, 7) is 10.9. The number of ether oxygens (including phenoxy) is 4. The third-order valence-electron chi connectivity index (χ3n) is 4.74. The lowest BCUT2D eigenvalue weighted by molar-refractivity contribution is -0.152. The number of rotatable bonds is 9. The van der Waals surface area contributed by atoms with Crippen LogP contribution in [0.4, 0.5) is 4.79 Å². The molecule has 1 aromatic rings. The molecular formula is C22H32N2O7S. The van der Waals surface area contributed by atoms with Crippen LogP contribution in [0.25, 0.3) is 0 Å². The SMILES string of the molecule is CCOC(=O)C(C)N(SN(C)C(=O)Oc1cccc2c1OC(C)(C)C2)C(C)C(=O)OCC. The number of hydrogen-bond acceptors (Lipinski definition) is 9. The van der Waals surface area contributed by atoms with Crippen molar-refractivity contribution in [3.63, 3.8) is 0 Å². The van der Waals surface area contributed by atoms with Gasteiger partial charge in [-0.25, -0.2) is 13.4 Å². The zero-order valence-electron chi connectivity index (χ0n) is 19.7. The van der Waals surface area contributed by atoms with Gasteiger partial charge < -0.3 is 18.9 Å². The lowest BCUT2D eigenvalue weighted by Crippen LogP contribution is -2.47. The third-order valence-corrected chi connectivity index (χ3v) is 5.96. The smallest absolute Gasteiger partial charge is 0.426 e. The van der Waals surface area contributed by atoms with Gasteiger partial charge in [-0.2, -0.15) is 0 Å². The molecule has 1 aliphatic heterocycles. The fraction of sp³-hybridized carbons (Fsp3) is 0.591. The van der Waals surface area contributed by atoms with Gasteiger partial charge in [0.25, 0.3) is 0 Å². The molecule has 9 nitrogen and oxygen atoms in total. The van der Waals surface area contributed by atoms with E-state index in [4.69, 9.17) is 18.9 Å². The van der Waals surface area contributed by atoms with E-state index in [1.807, 2.05) is 19.9 Å². The molecule has 2 rings (SSSR count). The van der Waals surface area contributed by atoms with E-state index in [2.05, 4.69) is 0 Å². The Bertz CT molecular complexity index is 822. The number of carbonyl (C=O) groups excluding carboxylic acids is 3. The van der Waals surface area contributed by atoms with Gasteiger partial charge in [-0.1, -0.05) is 12.1 Å². The van der Waals surface area contributed by atoms with E-state index in [0.717, 1.165) is 17.7 Å². The maximum Gasteiger partial charge on any atom is 0.426 e. The highest BCUT2D eigenvalue weighted by atomic mass is 32.2. The quantitative estimate of drug-likeness (QED) is 0.398. The maximum atomic E-state index is 12.8. The predicted molar refractivity (Wildman–Crippen MR) is 120 cm³/mol. The molecule has 0 spiro atoms. The minimum Gasteiger partial charge on any atom is -0.483 e. The van der Waals surface area contributed by atoms with Gasteiger partial charge in [0.2, 0.25) is 0 Å². The molecule has 178 valence electrons. The summed E-state index contributed by atoms with van der Waals surface area (Å²) < 4.78 is 24.3. The predicted octanol–water partition coefficient (Wildman–Crippen LogP) is 3.60. The Morgan fingerprint density at radius 2 is 1.66 bits per heavy atom. The summed E-state index contributed by atoms with van der Waals surface area (Å²) in [4.78, 5) is 37.5. The normalized spacial score (nSPS) is 15.9. The molecule has 1 heterocycles. The van der Waals surface area contributed by atoms with E-state index in [0.29, 0.717) is 17.9 Å². The fourth-order valence-electron chi connectivity index (χ4n) is 3.21. The molecule has 0 saturated heterocycles. The molecule has 0 bridgehead atoms. The molecular weight excluding hydrogens is 436 g/mol. The first-order valence-corrected chi connectivity index (χ1v) is 11.3. The number of fused-ring (bicyclic) bond motifs is 1. The zero-order chi connectivity index (χ0) is 24.1. The van der Waals surface area contributed by atoms with Gasteiger partial charge in [0, 0.05) is 31.2 Å². The molecule has 0 fully saturated rings. The molecule has 0 radical (unpaired) electrons. The maximum absolute atomic E-state index is 12.8. The van der Waals surface area contributed by atoms with Crippen molar-refractivity contribution >= 4 is 30.2 Å². The number of amides is 1. The van der Waals surface area contributed by atoms with Crippen molar-refractivity contribution in [3.05, 3.63) is 23.8 Å². The average molecular weight is 469 g/mol. The first-order chi connectivity index (χ1) is 15.0. The van der Waals surface area contributed by atoms with Crippen molar-refractivity contribution in [2.45, 2.75) is 65.6 Å². The summed E-state index contributed by atoms with van der Waals surface area (Å²) >= 11 is 0.879. The summed E-state index contributed by atoms with van der Waals surface area (Å²) in [7, 11) is 1.49. The largest absolute Gasteiger partial charge is 0.483 e.